The molecule has 30 heavy (non-hydrogen) atoms. The lowest BCUT2D eigenvalue weighted by Gasteiger charge is -2.16. The van der Waals surface area contributed by atoms with Crippen molar-refractivity contribution in [2.75, 3.05) is 18.1 Å². The Bertz CT molecular complexity index is 1080. The summed E-state index contributed by atoms with van der Waals surface area (Å²) in [4.78, 5) is 25.1. The van der Waals surface area contributed by atoms with E-state index in [4.69, 9.17) is 22.1 Å². The number of aliphatic hydroxyl groups excluding tert-OH is 3. The number of imidazole rings is 1. The van der Waals surface area contributed by atoms with E-state index in [1.54, 1.807) is 24.3 Å². The standard InChI is InChI=1S/C18H18ClN5O5S/c19-9-3-1-8(2-4-9)10(26)6-30-16-12-15(22-18(20)23-16)24(7-21-12)17-14(28)13(27)11(5-25)29-17/h1-4,7,11,13-14,17,25,27-28H,5-6H2,(H2,20,22,23)/t11-,13+,14+,17-/m0/s1. The van der Waals surface area contributed by atoms with Gasteiger partial charge in [-0.15, -0.1) is 0 Å². The molecule has 5 N–H and O–H groups in total. The van der Waals surface area contributed by atoms with Gasteiger partial charge >= 0.3 is 0 Å². The van der Waals surface area contributed by atoms with E-state index in [0.29, 0.717) is 21.1 Å². The summed E-state index contributed by atoms with van der Waals surface area (Å²) in [6, 6.07) is 6.57. The van der Waals surface area contributed by atoms with Crippen LogP contribution in [-0.2, 0) is 4.74 Å². The Morgan fingerprint density at radius 2 is 1.97 bits per heavy atom. The van der Waals surface area contributed by atoms with Crippen molar-refractivity contribution in [3.05, 3.63) is 41.2 Å². The minimum Gasteiger partial charge on any atom is -0.394 e. The Morgan fingerprint density at radius 3 is 2.63 bits per heavy atom. The van der Waals surface area contributed by atoms with Crippen molar-refractivity contribution in [2.45, 2.75) is 29.6 Å². The van der Waals surface area contributed by atoms with Crippen molar-refractivity contribution in [3.63, 3.8) is 0 Å². The van der Waals surface area contributed by atoms with Crippen LogP contribution in [-0.4, -0.2) is 71.3 Å². The third-order valence-electron chi connectivity index (χ3n) is 4.70. The fraction of sp³-hybridized carbons (Fsp3) is 0.333. The SMILES string of the molecule is Nc1nc(SCC(=O)c2ccc(Cl)cc2)c2ncn([C@H]3O[C@@H](CO)[C@@H](O)[C@H]3O)c2n1. The molecule has 0 aliphatic carbocycles. The van der Waals surface area contributed by atoms with E-state index in [0.717, 1.165) is 11.8 Å². The molecule has 3 aromatic rings. The molecular formula is C18H18ClN5O5S. The molecular weight excluding hydrogens is 434 g/mol. The monoisotopic (exact) mass is 451 g/mol. The van der Waals surface area contributed by atoms with Crippen LogP contribution in [0.2, 0.25) is 5.02 Å². The van der Waals surface area contributed by atoms with Gasteiger partial charge in [0.15, 0.2) is 17.7 Å². The molecule has 0 unspecified atom stereocenters. The molecule has 4 rings (SSSR count). The first-order chi connectivity index (χ1) is 14.4. The highest BCUT2D eigenvalue weighted by Crippen LogP contribution is 2.33. The molecule has 2 aromatic heterocycles. The smallest absolute Gasteiger partial charge is 0.223 e. The fourth-order valence-corrected chi connectivity index (χ4v) is 4.16. The van der Waals surface area contributed by atoms with E-state index in [1.165, 1.54) is 10.9 Å². The maximum atomic E-state index is 12.4. The van der Waals surface area contributed by atoms with Gasteiger partial charge in [0.1, 0.15) is 28.9 Å². The molecule has 3 heterocycles. The number of hydrogen-bond acceptors (Lipinski definition) is 10. The number of carbonyl (C=O) groups excluding carboxylic acids is 1. The van der Waals surface area contributed by atoms with Crippen LogP contribution in [0.3, 0.4) is 0 Å². The van der Waals surface area contributed by atoms with Crippen LogP contribution in [0.5, 0.6) is 0 Å². The highest BCUT2D eigenvalue weighted by Gasteiger charge is 2.44. The van der Waals surface area contributed by atoms with Crippen LogP contribution in [0.25, 0.3) is 11.2 Å². The highest BCUT2D eigenvalue weighted by molar-refractivity contribution is 8.00. The van der Waals surface area contributed by atoms with E-state index in [1.807, 2.05) is 0 Å². The van der Waals surface area contributed by atoms with Gasteiger partial charge in [-0.3, -0.25) is 9.36 Å². The number of aromatic nitrogens is 4. The molecule has 1 saturated heterocycles. The second kappa shape index (κ2) is 8.46. The zero-order chi connectivity index (χ0) is 21.4. The molecule has 1 fully saturated rings. The Kier molecular flexibility index (Phi) is 5.91. The number of aliphatic hydroxyl groups is 3. The van der Waals surface area contributed by atoms with Gasteiger partial charge in [0, 0.05) is 10.6 Å². The number of rotatable bonds is 6. The first-order valence-electron chi connectivity index (χ1n) is 8.93. The molecule has 0 radical (unpaired) electrons. The van der Waals surface area contributed by atoms with Crippen LogP contribution in [0, 0.1) is 0 Å². The molecule has 10 nitrogen and oxygen atoms in total. The lowest BCUT2D eigenvalue weighted by molar-refractivity contribution is -0.0511. The maximum absolute atomic E-state index is 12.4. The summed E-state index contributed by atoms with van der Waals surface area (Å²) in [5.74, 6) is -0.0733. The van der Waals surface area contributed by atoms with Crippen LogP contribution in [0.4, 0.5) is 5.95 Å². The van der Waals surface area contributed by atoms with E-state index in [2.05, 4.69) is 15.0 Å². The number of fused-ring (bicyclic) bond motifs is 1. The van der Waals surface area contributed by atoms with Crippen molar-refractivity contribution >= 4 is 46.3 Å². The number of hydrogen-bond donors (Lipinski definition) is 4. The predicted molar refractivity (Wildman–Crippen MR) is 109 cm³/mol. The molecule has 1 aliphatic rings. The van der Waals surface area contributed by atoms with Gasteiger partial charge < -0.3 is 25.8 Å². The number of halogens is 1. The Balaban J connectivity index is 1.60. The summed E-state index contributed by atoms with van der Waals surface area (Å²) in [7, 11) is 0. The van der Waals surface area contributed by atoms with Crippen molar-refractivity contribution < 1.29 is 24.9 Å². The number of ether oxygens (including phenoxy) is 1. The van der Waals surface area contributed by atoms with Crippen LogP contribution < -0.4 is 5.73 Å². The van der Waals surface area contributed by atoms with E-state index in [-0.39, 0.29) is 23.1 Å². The molecule has 0 bridgehead atoms. The largest absolute Gasteiger partial charge is 0.394 e. The molecule has 158 valence electrons. The summed E-state index contributed by atoms with van der Waals surface area (Å²) in [6.07, 6.45) is -3.12. The van der Waals surface area contributed by atoms with Gasteiger partial charge in [-0.25, -0.2) is 9.97 Å². The first-order valence-corrected chi connectivity index (χ1v) is 10.3. The molecule has 0 spiro atoms. The number of Topliss-reactive ketones (excluding diaryl/α,β-unsaturated/α-hetero) is 1. The van der Waals surface area contributed by atoms with Gasteiger partial charge in [0.2, 0.25) is 5.95 Å². The number of nitrogens with zero attached hydrogens (tertiary/aromatic N) is 4. The second-order valence-corrected chi connectivity index (χ2v) is 8.06. The molecule has 1 aromatic carbocycles. The minimum absolute atomic E-state index is 0.0440. The van der Waals surface area contributed by atoms with Gasteiger partial charge in [0.05, 0.1) is 18.7 Å². The van der Waals surface area contributed by atoms with E-state index >= 15 is 0 Å². The Hall–Kier alpha value is -2.28. The third kappa shape index (κ3) is 3.87. The van der Waals surface area contributed by atoms with Crippen LogP contribution >= 0.6 is 23.4 Å². The molecule has 12 heteroatoms. The molecule has 0 saturated carbocycles. The number of ketones is 1. The van der Waals surface area contributed by atoms with Crippen LogP contribution in [0.15, 0.2) is 35.6 Å². The third-order valence-corrected chi connectivity index (χ3v) is 5.92. The van der Waals surface area contributed by atoms with E-state index < -0.39 is 31.1 Å². The lowest BCUT2D eigenvalue weighted by Crippen LogP contribution is -2.33. The number of thioether (sulfide) groups is 1. The topological polar surface area (TPSA) is 157 Å². The zero-order valence-electron chi connectivity index (χ0n) is 15.4. The van der Waals surface area contributed by atoms with Crippen molar-refractivity contribution in [1.29, 1.82) is 0 Å². The summed E-state index contributed by atoms with van der Waals surface area (Å²) < 4.78 is 6.95. The van der Waals surface area contributed by atoms with Crippen LogP contribution in [0.1, 0.15) is 16.6 Å². The summed E-state index contributed by atoms with van der Waals surface area (Å²) >= 11 is 7.00. The average molecular weight is 452 g/mol. The summed E-state index contributed by atoms with van der Waals surface area (Å²) in [6.45, 7) is -0.452. The lowest BCUT2D eigenvalue weighted by atomic mass is 10.1. The zero-order valence-corrected chi connectivity index (χ0v) is 17.0. The van der Waals surface area contributed by atoms with Gasteiger partial charge in [0.25, 0.3) is 0 Å². The normalized spacial score (nSPS) is 23.9. The summed E-state index contributed by atoms with van der Waals surface area (Å²) in [5, 5.41) is 30.5. The molecule has 1 aliphatic heterocycles. The average Bonchev–Trinajstić information content (AvgIpc) is 3.27. The van der Waals surface area contributed by atoms with Crippen molar-refractivity contribution in [2.24, 2.45) is 0 Å². The highest BCUT2D eigenvalue weighted by atomic mass is 35.5. The Morgan fingerprint density at radius 1 is 1.23 bits per heavy atom. The number of nitrogen functional groups attached to an aromatic ring is 1. The minimum atomic E-state index is -1.29. The number of nitrogens with two attached hydrogens (primary N) is 1. The van der Waals surface area contributed by atoms with Crippen molar-refractivity contribution in [1.82, 2.24) is 19.5 Å². The number of carbonyl (C=O) groups is 1. The second-order valence-electron chi connectivity index (χ2n) is 6.66. The first kappa shape index (κ1) is 21.0. The predicted octanol–water partition coefficient (Wildman–Crippen LogP) is 0.648. The quantitative estimate of drug-likeness (QED) is 0.238. The number of anilines is 1. The number of benzene rings is 1. The van der Waals surface area contributed by atoms with Crippen molar-refractivity contribution in [3.8, 4) is 0 Å². The van der Waals surface area contributed by atoms with E-state index in [9.17, 15) is 20.1 Å². The van der Waals surface area contributed by atoms with Gasteiger partial charge in [-0.2, -0.15) is 4.98 Å². The molecule has 4 atom stereocenters. The summed E-state index contributed by atoms with van der Waals surface area (Å²) in [5.41, 5.74) is 7.00. The fourth-order valence-electron chi connectivity index (χ4n) is 3.16. The Labute approximate surface area is 179 Å². The van der Waals surface area contributed by atoms with Gasteiger partial charge in [-0.1, -0.05) is 23.4 Å². The maximum Gasteiger partial charge on any atom is 0.223 e. The van der Waals surface area contributed by atoms with Gasteiger partial charge in [-0.05, 0) is 24.3 Å². The molecule has 0 amide bonds.